The Bertz CT molecular complexity index is 535. The standard InChI is InChI=1S/C14H16F3NO3/c1-4-18(13(2,3)12(20)21)11(19)9-5-7-10(8-6-9)14(15,16)17/h5-8H,4H2,1-3H3,(H,20,21). The molecule has 7 heteroatoms. The lowest BCUT2D eigenvalue weighted by Gasteiger charge is -2.34. The molecule has 1 N–H and O–H groups in total. The summed E-state index contributed by atoms with van der Waals surface area (Å²) in [5.41, 5.74) is -2.30. The van der Waals surface area contributed by atoms with E-state index in [4.69, 9.17) is 5.11 Å². The van der Waals surface area contributed by atoms with E-state index in [0.29, 0.717) is 0 Å². The van der Waals surface area contributed by atoms with Gasteiger partial charge in [0.05, 0.1) is 5.56 Å². The number of nitrogens with zero attached hydrogens (tertiary/aromatic N) is 1. The number of alkyl halides is 3. The Labute approximate surface area is 120 Å². The van der Waals surface area contributed by atoms with Crippen molar-refractivity contribution >= 4 is 11.9 Å². The molecule has 0 aliphatic carbocycles. The molecule has 0 saturated heterocycles. The van der Waals surface area contributed by atoms with E-state index in [2.05, 4.69) is 0 Å². The topological polar surface area (TPSA) is 57.6 Å². The number of carboxylic acid groups (broad SMARTS) is 1. The zero-order valence-corrected chi connectivity index (χ0v) is 11.9. The molecule has 0 aromatic heterocycles. The summed E-state index contributed by atoms with van der Waals surface area (Å²) in [7, 11) is 0. The first-order valence-electron chi connectivity index (χ1n) is 6.24. The molecule has 0 fully saturated rings. The van der Waals surface area contributed by atoms with Gasteiger partial charge in [-0.1, -0.05) is 0 Å². The predicted molar refractivity (Wildman–Crippen MR) is 69.9 cm³/mol. The van der Waals surface area contributed by atoms with E-state index in [9.17, 15) is 22.8 Å². The van der Waals surface area contributed by atoms with Gasteiger partial charge < -0.3 is 10.0 Å². The van der Waals surface area contributed by atoms with Gasteiger partial charge in [0.1, 0.15) is 5.54 Å². The first kappa shape index (κ1) is 17.0. The van der Waals surface area contributed by atoms with Gasteiger partial charge in [0, 0.05) is 12.1 Å². The maximum atomic E-state index is 12.5. The van der Waals surface area contributed by atoms with Crippen molar-refractivity contribution in [3.8, 4) is 0 Å². The summed E-state index contributed by atoms with van der Waals surface area (Å²) in [5, 5.41) is 9.15. The second-order valence-electron chi connectivity index (χ2n) is 4.99. The van der Waals surface area contributed by atoms with E-state index >= 15 is 0 Å². The van der Waals surface area contributed by atoms with Gasteiger partial charge >= 0.3 is 12.1 Å². The average molecular weight is 303 g/mol. The molecule has 0 radical (unpaired) electrons. The number of rotatable bonds is 4. The Morgan fingerprint density at radius 3 is 1.95 bits per heavy atom. The molecule has 0 saturated carbocycles. The molecule has 1 amide bonds. The van der Waals surface area contributed by atoms with Crippen molar-refractivity contribution in [2.24, 2.45) is 0 Å². The monoisotopic (exact) mass is 303 g/mol. The highest BCUT2D eigenvalue weighted by molar-refractivity contribution is 5.97. The molecular formula is C14H16F3NO3. The zero-order valence-electron chi connectivity index (χ0n) is 11.9. The Morgan fingerprint density at radius 2 is 1.62 bits per heavy atom. The molecule has 1 aromatic carbocycles. The van der Waals surface area contributed by atoms with E-state index in [1.54, 1.807) is 6.92 Å². The number of carboxylic acids is 1. The molecule has 0 bridgehead atoms. The number of benzene rings is 1. The lowest BCUT2D eigenvalue weighted by atomic mass is 10.0. The number of carbonyl (C=O) groups is 2. The summed E-state index contributed by atoms with van der Waals surface area (Å²) < 4.78 is 37.4. The van der Waals surface area contributed by atoms with Crippen molar-refractivity contribution in [3.05, 3.63) is 35.4 Å². The van der Waals surface area contributed by atoms with Crippen LogP contribution in [0.1, 0.15) is 36.7 Å². The van der Waals surface area contributed by atoms with Crippen LogP contribution in [0, 0.1) is 0 Å². The van der Waals surface area contributed by atoms with Crippen molar-refractivity contribution < 1.29 is 27.9 Å². The molecular weight excluding hydrogens is 287 g/mol. The highest BCUT2D eigenvalue weighted by Gasteiger charge is 2.37. The normalized spacial score (nSPS) is 12.1. The zero-order chi connectivity index (χ0) is 16.4. The van der Waals surface area contributed by atoms with Crippen LogP contribution in [0.3, 0.4) is 0 Å². The quantitative estimate of drug-likeness (QED) is 0.930. The molecule has 116 valence electrons. The number of hydrogen-bond acceptors (Lipinski definition) is 2. The molecule has 0 aliphatic rings. The van der Waals surface area contributed by atoms with Crippen LogP contribution in [-0.4, -0.2) is 34.0 Å². The van der Waals surface area contributed by atoms with Gasteiger partial charge in [0.25, 0.3) is 5.91 Å². The van der Waals surface area contributed by atoms with Crippen LogP contribution in [0.4, 0.5) is 13.2 Å². The second-order valence-corrected chi connectivity index (χ2v) is 4.99. The van der Waals surface area contributed by atoms with Crippen LogP contribution in [0.15, 0.2) is 24.3 Å². The molecule has 1 rings (SSSR count). The van der Waals surface area contributed by atoms with E-state index in [1.165, 1.54) is 13.8 Å². The number of likely N-dealkylation sites (N-methyl/N-ethyl adjacent to an activating group) is 1. The van der Waals surface area contributed by atoms with Crippen LogP contribution in [0.5, 0.6) is 0 Å². The molecule has 1 aromatic rings. The third kappa shape index (κ3) is 3.53. The minimum Gasteiger partial charge on any atom is -0.480 e. The van der Waals surface area contributed by atoms with Gasteiger partial charge in [0.15, 0.2) is 0 Å². The number of aliphatic carboxylic acids is 1. The summed E-state index contributed by atoms with van der Waals surface area (Å²) in [5.74, 6) is -1.82. The summed E-state index contributed by atoms with van der Waals surface area (Å²) >= 11 is 0. The molecule has 4 nitrogen and oxygen atoms in total. The first-order valence-corrected chi connectivity index (χ1v) is 6.24. The number of hydrogen-bond donors (Lipinski definition) is 1. The Morgan fingerprint density at radius 1 is 1.14 bits per heavy atom. The molecule has 21 heavy (non-hydrogen) atoms. The van der Waals surface area contributed by atoms with Gasteiger partial charge in [0.2, 0.25) is 0 Å². The van der Waals surface area contributed by atoms with Crippen LogP contribution >= 0.6 is 0 Å². The highest BCUT2D eigenvalue weighted by Crippen LogP contribution is 2.29. The summed E-state index contributed by atoms with van der Waals surface area (Å²) in [6, 6.07) is 3.70. The van der Waals surface area contributed by atoms with E-state index < -0.39 is 29.2 Å². The maximum absolute atomic E-state index is 12.5. The van der Waals surface area contributed by atoms with Gasteiger partial charge in [-0.15, -0.1) is 0 Å². The van der Waals surface area contributed by atoms with Gasteiger partial charge in [-0.2, -0.15) is 13.2 Å². The smallest absolute Gasteiger partial charge is 0.416 e. The SMILES string of the molecule is CCN(C(=O)c1ccc(C(F)(F)F)cc1)C(C)(C)C(=O)O. The molecule has 0 aliphatic heterocycles. The third-order valence-corrected chi connectivity index (χ3v) is 3.22. The van der Waals surface area contributed by atoms with Crippen LogP contribution in [0.2, 0.25) is 0 Å². The highest BCUT2D eigenvalue weighted by atomic mass is 19.4. The fourth-order valence-corrected chi connectivity index (χ4v) is 1.87. The lowest BCUT2D eigenvalue weighted by Crippen LogP contribution is -2.52. The summed E-state index contributed by atoms with van der Waals surface area (Å²) in [6.07, 6.45) is -4.48. The van der Waals surface area contributed by atoms with Gasteiger partial charge in [-0.3, -0.25) is 4.79 Å². The lowest BCUT2D eigenvalue weighted by molar-refractivity contribution is -0.147. The Kier molecular flexibility index (Phi) is 4.65. The summed E-state index contributed by atoms with van der Waals surface area (Å²) in [6.45, 7) is 4.45. The van der Waals surface area contributed by atoms with Gasteiger partial charge in [-0.25, -0.2) is 4.79 Å². The molecule has 0 unspecified atom stereocenters. The number of carbonyl (C=O) groups excluding carboxylic acids is 1. The van der Waals surface area contributed by atoms with Crippen molar-refractivity contribution in [3.63, 3.8) is 0 Å². The fourth-order valence-electron chi connectivity index (χ4n) is 1.87. The predicted octanol–water partition coefficient (Wildman–Crippen LogP) is 3.03. The van der Waals surface area contributed by atoms with Crippen molar-refractivity contribution in [1.82, 2.24) is 4.90 Å². The van der Waals surface area contributed by atoms with E-state index in [0.717, 1.165) is 29.2 Å². The molecule has 0 atom stereocenters. The molecule has 0 heterocycles. The third-order valence-electron chi connectivity index (χ3n) is 3.22. The average Bonchev–Trinajstić information content (AvgIpc) is 2.38. The summed E-state index contributed by atoms with van der Waals surface area (Å²) in [4.78, 5) is 24.6. The largest absolute Gasteiger partial charge is 0.480 e. The molecule has 0 spiro atoms. The van der Waals surface area contributed by atoms with Crippen LogP contribution in [0.25, 0.3) is 0 Å². The number of halogens is 3. The van der Waals surface area contributed by atoms with E-state index in [-0.39, 0.29) is 12.1 Å². The van der Waals surface area contributed by atoms with Crippen LogP contribution in [-0.2, 0) is 11.0 Å². The van der Waals surface area contributed by atoms with Crippen molar-refractivity contribution in [2.75, 3.05) is 6.54 Å². The maximum Gasteiger partial charge on any atom is 0.416 e. The minimum atomic E-state index is -4.48. The van der Waals surface area contributed by atoms with E-state index in [1.807, 2.05) is 0 Å². The minimum absolute atomic E-state index is 0.0131. The number of amides is 1. The Hall–Kier alpha value is -2.05. The van der Waals surface area contributed by atoms with Crippen molar-refractivity contribution in [1.29, 1.82) is 0 Å². The second kappa shape index (κ2) is 5.75. The van der Waals surface area contributed by atoms with Crippen molar-refractivity contribution in [2.45, 2.75) is 32.5 Å². The first-order chi connectivity index (χ1) is 9.51. The van der Waals surface area contributed by atoms with Gasteiger partial charge in [-0.05, 0) is 45.0 Å². The Balaban J connectivity index is 3.10. The fraction of sp³-hybridized carbons (Fsp3) is 0.429. The van der Waals surface area contributed by atoms with Crippen LogP contribution < -0.4 is 0 Å².